The van der Waals surface area contributed by atoms with Crippen LogP contribution in [0.3, 0.4) is 0 Å². The zero-order valence-corrected chi connectivity index (χ0v) is 11.6. The van der Waals surface area contributed by atoms with E-state index in [0.29, 0.717) is 12.1 Å². The molecule has 2 nitrogen and oxygen atoms in total. The topological polar surface area (TPSA) is 21.3 Å². The summed E-state index contributed by atoms with van der Waals surface area (Å²) >= 11 is 0. The summed E-state index contributed by atoms with van der Waals surface area (Å²) < 4.78 is 5.61. The Morgan fingerprint density at radius 3 is 2.78 bits per heavy atom. The predicted molar refractivity (Wildman–Crippen MR) is 77.1 cm³/mol. The number of nitrogens with one attached hydrogen (secondary N) is 1. The lowest BCUT2D eigenvalue weighted by molar-refractivity contribution is 0.0606. The van der Waals surface area contributed by atoms with Crippen molar-refractivity contribution in [3.63, 3.8) is 0 Å². The van der Waals surface area contributed by atoms with Crippen LogP contribution < -0.4 is 5.32 Å². The fourth-order valence-corrected chi connectivity index (χ4v) is 2.89. The lowest BCUT2D eigenvalue weighted by atomic mass is 9.92. The molecule has 0 bridgehead atoms. The van der Waals surface area contributed by atoms with Crippen molar-refractivity contribution in [1.29, 1.82) is 0 Å². The van der Waals surface area contributed by atoms with Gasteiger partial charge in [-0.05, 0) is 30.9 Å². The maximum atomic E-state index is 5.61. The Bertz CT molecular complexity index is 364. The minimum atomic E-state index is 0.369. The summed E-state index contributed by atoms with van der Waals surface area (Å²) in [6.45, 7) is 2.23. The van der Waals surface area contributed by atoms with E-state index in [1.165, 1.54) is 43.4 Å². The average Bonchev–Trinajstić information content (AvgIpc) is 2.42. The van der Waals surface area contributed by atoms with Crippen LogP contribution in [0.25, 0.3) is 0 Å². The van der Waals surface area contributed by atoms with Gasteiger partial charge in [-0.3, -0.25) is 0 Å². The van der Waals surface area contributed by atoms with Crippen molar-refractivity contribution in [2.75, 3.05) is 12.4 Å². The highest BCUT2D eigenvalue weighted by Gasteiger charge is 2.24. The Kier molecular flexibility index (Phi) is 5.06. The van der Waals surface area contributed by atoms with Gasteiger partial charge in [0.25, 0.3) is 0 Å². The number of rotatable bonds is 5. The number of anilines is 1. The molecule has 1 aliphatic rings. The average molecular weight is 247 g/mol. The fraction of sp³-hybridized carbons (Fsp3) is 0.625. The van der Waals surface area contributed by atoms with E-state index in [4.69, 9.17) is 4.74 Å². The van der Waals surface area contributed by atoms with Crippen molar-refractivity contribution in [2.24, 2.45) is 0 Å². The van der Waals surface area contributed by atoms with Gasteiger partial charge in [-0.1, -0.05) is 44.4 Å². The minimum absolute atomic E-state index is 0.369. The molecule has 1 N–H and O–H groups in total. The summed E-state index contributed by atoms with van der Waals surface area (Å²) in [6, 6.07) is 9.15. The van der Waals surface area contributed by atoms with E-state index in [1.807, 2.05) is 7.11 Å². The second-order valence-corrected chi connectivity index (χ2v) is 5.22. The molecule has 1 fully saturated rings. The molecule has 100 valence electrons. The molecule has 2 heteroatoms. The van der Waals surface area contributed by atoms with Crippen LogP contribution in [-0.2, 0) is 11.2 Å². The van der Waals surface area contributed by atoms with Gasteiger partial charge in [-0.25, -0.2) is 0 Å². The highest BCUT2D eigenvalue weighted by molar-refractivity contribution is 5.52. The third-order valence-corrected chi connectivity index (χ3v) is 3.88. The molecule has 2 rings (SSSR count). The first kappa shape index (κ1) is 13.4. The highest BCUT2D eigenvalue weighted by atomic mass is 16.5. The smallest absolute Gasteiger partial charge is 0.0772 e. The molecule has 0 spiro atoms. The predicted octanol–water partition coefficient (Wildman–Crippen LogP) is 4.01. The Hall–Kier alpha value is -1.02. The van der Waals surface area contributed by atoms with Gasteiger partial charge in [0.05, 0.1) is 12.1 Å². The molecule has 18 heavy (non-hydrogen) atoms. The number of hydrogen-bond donors (Lipinski definition) is 1. The minimum Gasteiger partial charge on any atom is -0.379 e. The Balaban J connectivity index is 2.07. The monoisotopic (exact) mass is 247 g/mol. The van der Waals surface area contributed by atoms with Gasteiger partial charge in [-0.2, -0.15) is 0 Å². The standard InChI is InChI=1S/C16H25NO/c1-3-8-13-9-4-5-10-14(13)17-15-11-6-7-12-16(15)18-2/h4-5,9-10,15-17H,3,6-8,11-12H2,1-2H3. The van der Waals surface area contributed by atoms with E-state index >= 15 is 0 Å². The molecule has 0 saturated heterocycles. The van der Waals surface area contributed by atoms with Crippen LogP contribution in [0.5, 0.6) is 0 Å². The van der Waals surface area contributed by atoms with Crippen molar-refractivity contribution >= 4 is 5.69 Å². The largest absolute Gasteiger partial charge is 0.379 e. The second kappa shape index (κ2) is 6.79. The van der Waals surface area contributed by atoms with E-state index in [-0.39, 0.29) is 0 Å². The first-order valence-electron chi connectivity index (χ1n) is 7.22. The molecule has 2 atom stereocenters. The lowest BCUT2D eigenvalue weighted by Crippen LogP contribution is -2.38. The SMILES string of the molecule is CCCc1ccccc1NC1CCCCC1OC. The molecular weight excluding hydrogens is 222 g/mol. The zero-order valence-electron chi connectivity index (χ0n) is 11.6. The molecule has 1 saturated carbocycles. The Labute approximate surface area is 111 Å². The van der Waals surface area contributed by atoms with E-state index < -0.39 is 0 Å². The third kappa shape index (κ3) is 3.26. The molecule has 0 radical (unpaired) electrons. The van der Waals surface area contributed by atoms with Crippen LogP contribution in [0.15, 0.2) is 24.3 Å². The quantitative estimate of drug-likeness (QED) is 0.849. The number of ether oxygens (including phenoxy) is 1. The Morgan fingerprint density at radius 2 is 2.00 bits per heavy atom. The third-order valence-electron chi connectivity index (χ3n) is 3.88. The number of benzene rings is 1. The summed E-state index contributed by atoms with van der Waals surface area (Å²) in [5.74, 6) is 0. The number of methoxy groups -OCH3 is 1. The van der Waals surface area contributed by atoms with Gasteiger partial charge in [0.1, 0.15) is 0 Å². The van der Waals surface area contributed by atoms with Crippen molar-refractivity contribution in [1.82, 2.24) is 0 Å². The summed E-state index contributed by atoms with van der Waals surface area (Å²) in [5.41, 5.74) is 2.73. The summed E-state index contributed by atoms with van der Waals surface area (Å²) in [6.07, 6.45) is 7.72. The van der Waals surface area contributed by atoms with Crippen molar-refractivity contribution in [2.45, 2.75) is 57.6 Å². The van der Waals surface area contributed by atoms with Crippen molar-refractivity contribution in [3.05, 3.63) is 29.8 Å². The second-order valence-electron chi connectivity index (χ2n) is 5.22. The van der Waals surface area contributed by atoms with Crippen LogP contribution in [0.4, 0.5) is 5.69 Å². The summed E-state index contributed by atoms with van der Waals surface area (Å²) in [4.78, 5) is 0. The van der Waals surface area contributed by atoms with E-state index in [1.54, 1.807) is 0 Å². The van der Waals surface area contributed by atoms with Crippen molar-refractivity contribution < 1.29 is 4.74 Å². The van der Waals surface area contributed by atoms with Crippen LogP contribution >= 0.6 is 0 Å². The molecule has 0 heterocycles. The molecule has 2 unspecified atom stereocenters. The van der Waals surface area contributed by atoms with Gasteiger partial charge in [0, 0.05) is 12.8 Å². The van der Waals surface area contributed by atoms with Gasteiger partial charge in [0.2, 0.25) is 0 Å². The van der Waals surface area contributed by atoms with Crippen LogP contribution in [0, 0.1) is 0 Å². The molecule has 1 aliphatic carbocycles. The summed E-state index contributed by atoms with van der Waals surface area (Å²) in [7, 11) is 1.84. The maximum Gasteiger partial charge on any atom is 0.0772 e. The fourth-order valence-electron chi connectivity index (χ4n) is 2.89. The maximum absolute atomic E-state index is 5.61. The molecular formula is C16H25NO. The first-order valence-corrected chi connectivity index (χ1v) is 7.22. The first-order chi connectivity index (χ1) is 8.85. The lowest BCUT2D eigenvalue weighted by Gasteiger charge is -2.32. The van der Waals surface area contributed by atoms with Crippen LogP contribution in [0.1, 0.15) is 44.6 Å². The highest BCUT2D eigenvalue weighted by Crippen LogP contribution is 2.26. The number of hydrogen-bond acceptors (Lipinski definition) is 2. The van der Waals surface area contributed by atoms with Gasteiger partial charge in [-0.15, -0.1) is 0 Å². The molecule has 1 aromatic carbocycles. The van der Waals surface area contributed by atoms with Crippen LogP contribution in [-0.4, -0.2) is 19.3 Å². The van der Waals surface area contributed by atoms with Crippen molar-refractivity contribution in [3.8, 4) is 0 Å². The molecule has 0 amide bonds. The zero-order chi connectivity index (χ0) is 12.8. The molecule has 1 aromatic rings. The van der Waals surface area contributed by atoms with Gasteiger partial charge in [0.15, 0.2) is 0 Å². The van der Waals surface area contributed by atoms with Gasteiger partial charge < -0.3 is 10.1 Å². The molecule has 0 aliphatic heterocycles. The number of para-hydroxylation sites is 1. The number of aryl methyl sites for hydroxylation is 1. The summed E-state index contributed by atoms with van der Waals surface area (Å²) in [5, 5.41) is 3.71. The van der Waals surface area contributed by atoms with E-state index in [9.17, 15) is 0 Å². The van der Waals surface area contributed by atoms with Crippen LogP contribution in [0.2, 0.25) is 0 Å². The van der Waals surface area contributed by atoms with E-state index in [0.717, 1.165) is 6.42 Å². The molecule has 0 aromatic heterocycles. The van der Waals surface area contributed by atoms with Gasteiger partial charge >= 0.3 is 0 Å². The Morgan fingerprint density at radius 1 is 1.22 bits per heavy atom. The normalized spacial score (nSPS) is 23.9. The van der Waals surface area contributed by atoms with E-state index in [2.05, 4.69) is 36.5 Å².